The molecule has 0 radical (unpaired) electrons. The van der Waals surface area contributed by atoms with Gasteiger partial charge in [-0.2, -0.15) is 0 Å². The fraction of sp³-hybridized carbons (Fsp3) is 0.364. The third kappa shape index (κ3) is 1.52. The molecule has 1 aliphatic rings. The first-order valence-corrected chi connectivity index (χ1v) is 5.34. The molecule has 1 aromatic rings. The predicted molar refractivity (Wildman–Crippen MR) is 61.3 cm³/mol. The average Bonchev–Trinajstić information content (AvgIpc) is 2.46. The molecule has 1 atom stereocenters. The van der Waals surface area contributed by atoms with Gasteiger partial charge in [0.2, 0.25) is 5.91 Å². The highest BCUT2D eigenvalue weighted by Crippen LogP contribution is 2.39. The van der Waals surface area contributed by atoms with Gasteiger partial charge in [0.1, 0.15) is 6.04 Å². The number of nitrogens with one attached hydrogen (secondary N) is 1. The van der Waals surface area contributed by atoms with Crippen molar-refractivity contribution in [3.8, 4) is 0 Å². The van der Waals surface area contributed by atoms with E-state index in [-0.39, 0.29) is 11.9 Å². The van der Waals surface area contributed by atoms with Gasteiger partial charge in [-0.3, -0.25) is 4.79 Å². The Morgan fingerprint density at radius 3 is 2.93 bits per heavy atom. The lowest BCUT2D eigenvalue weighted by molar-refractivity contribution is -0.119. The number of likely N-dealkylation sites (N-methyl/N-ethyl adjacent to an activating group) is 2. The molecule has 3 nitrogen and oxygen atoms in total. The number of halogens is 1. The van der Waals surface area contributed by atoms with Crippen LogP contribution in [0.3, 0.4) is 0 Å². The Kier molecular flexibility index (Phi) is 2.67. The minimum Gasteiger partial charge on any atom is -0.313 e. The molecule has 1 unspecified atom stereocenters. The number of hydrogen-bond donors (Lipinski definition) is 1. The monoisotopic (exact) mass is 224 g/mol. The van der Waals surface area contributed by atoms with Gasteiger partial charge in [-0.1, -0.05) is 24.6 Å². The van der Waals surface area contributed by atoms with Crippen molar-refractivity contribution in [2.75, 3.05) is 18.5 Å². The van der Waals surface area contributed by atoms with Crippen LogP contribution in [0.1, 0.15) is 18.5 Å². The first-order valence-electron chi connectivity index (χ1n) is 4.96. The largest absolute Gasteiger partial charge is 0.313 e. The summed E-state index contributed by atoms with van der Waals surface area (Å²) in [5.41, 5.74) is 1.80. The van der Waals surface area contributed by atoms with Crippen LogP contribution in [0.15, 0.2) is 18.2 Å². The molecular weight excluding hydrogens is 212 g/mol. The van der Waals surface area contributed by atoms with Crippen molar-refractivity contribution in [1.29, 1.82) is 0 Å². The molecule has 0 bridgehead atoms. The van der Waals surface area contributed by atoms with Gasteiger partial charge in [0, 0.05) is 17.6 Å². The number of amides is 1. The SMILES string of the molecule is CCNC1C(=O)N(C)c2cccc(Cl)c21. The highest BCUT2D eigenvalue weighted by Gasteiger charge is 2.35. The zero-order valence-corrected chi connectivity index (χ0v) is 9.51. The minimum absolute atomic E-state index is 0.0555. The molecule has 0 fully saturated rings. The molecule has 0 spiro atoms. The van der Waals surface area contributed by atoms with Crippen molar-refractivity contribution in [3.63, 3.8) is 0 Å². The van der Waals surface area contributed by atoms with E-state index < -0.39 is 0 Å². The van der Waals surface area contributed by atoms with E-state index in [1.165, 1.54) is 0 Å². The van der Waals surface area contributed by atoms with E-state index in [1.54, 1.807) is 11.9 Å². The number of anilines is 1. The maximum atomic E-state index is 11.9. The lowest BCUT2D eigenvalue weighted by Gasteiger charge is -2.11. The van der Waals surface area contributed by atoms with Crippen molar-refractivity contribution in [2.24, 2.45) is 0 Å². The van der Waals surface area contributed by atoms with Crippen molar-refractivity contribution in [2.45, 2.75) is 13.0 Å². The first-order chi connectivity index (χ1) is 7.16. The predicted octanol–water partition coefficient (Wildman–Crippen LogP) is 1.97. The lowest BCUT2D eigenvalue weighted by Crippen LogP contribution is -2.32. The summed E-state index contributed by atoms with van der Waals surface area (Å²) in [6, 6.07) is 5.30. The summed E-state index contributed by atoms with van der Waals surface area (Å²) in [5.74, 6) is 0.0555. The smallest absolute Gasteiger partial charge is 0.248 e. The average molecular weight is 225 g/mol. The zero-order valence-electron chi connectivity index (χ0n) is 8.75. The molecule has 1 amide bonds. The van der Waals surface area contributed by atoms with Crippen LogP contribution in [0.2, 0.25) is 5.02 Å². The van der Waals surface area contributed by atoms with E-state index in [0.717, 1.165) is 17.8 Å². The van der Waals surface area contributed by atoms with Gasteiger partial charge in [-0.25, -0.2) is 0 Å². The Balaban J connectivity index is 2.51. The molecular formula is C11H13ClN2O. The fourth-order valence-electron chi connectivity index (χ4n) is 1.93. The number of benzene rings is 1. The molecule has 0 aliphatic carbocycles. The van der Waals surface area contributed by atoms with Gasteiger partial charge in [0.25, 0.3) is 0 Å². The third-order valence-corrected chi connectivity index (χ3v) is 3.00. The summed E-state index contributed by atoms with van der Waals surface area (Å²) in [6.07, 6.45) is 0. The Labute approximate surface area is 94.0 Å². The van der Waals surface area contributed by atoms with Crippen LogP contribution in [0, 0.1) is 0 Å². The summed E-state index contributed by atoms with van der Waals surface area (Å²) in [7, 11) is 1.77. The Hall–Kier alpha value is -1.06. The van der Waals surface area contributed by atoms with Gasteiger partial charge in [-0.15, -0.1) is 0 Å². The topological polar surface area (TPSA) is 32.3 Å². The maximum Gasteiger partial charge on any atom is 0.248 e. The summed E-state index contributed by atoms with van der Waals surface area (Å²) in [5, 5.41) is 3.80. The number of hydrogen-bond acceptors (Lipinski definition) is 2. The summed E-state index contributed by atoms with van der Waals surface area (Å²) >= 11 is 6.11. The van der Waals surface area contributed by atoms with E-state index in [0.29, 0.717) is 5.02 Å². The maximum absolute atomic E-state index is 11.9. The van der Waals surface area contributed by atoms with Crippen LogP contribution in [0.4, 0.5) is 5.69 Å². The van der Waals surface area contributed by atoms with Gasteiger partial charge in [0.05, 0.1) is 5.69 Å². The van der Waals surface area contributed by atoms with E-state index in [2.05, 4.69) is 5.32 Å². The molecule has 0 aromatic heterocycles. The zero-order chi connectivity index (χ0) is 11.0. The second-order valence-electron chi connectivity index (χ2n) is 3.56. The Morgan fingerprint density at radius 2 is 2.27 bits per heavy atom. The molecule has 0 saturated carbocycles. The lowest BCUT2D eigenvalue weighted by atomic mass is 10.1. The molecule has 1 aromatic carbocycles. The molecule has 1 aliphatic heterocycles. The fourth-order valence-corrected chi connectivity index (χ4v) is 2.21. The molecule has 1 N–H and O–H groups in total. The molecule has 80 valence electrons. The van der Waals surface area contributed by atoms with Gasteiger partial charge >= 0.3 is 0 Å². The third-order valence-electron chi connectivity index (χ3n) is 2.67. The number of fused-ring (bicyclic) bond motifs is 1. The number of nitrogens with zero attached hydrogens (tertiary/aromatic N) is 1. The van der Waals surface area contributed by atoms with Crippen LogP contribution < -0.4 is 10.2 Å². The van der Waals surface area contributed by atoms with Crippen molar-refractivity contribution < 1.29 is 4.79 Å². The summed E-state index contributed by atoms with van der Waals surface area (Å²) in [4.78, 5) is 13.6. The van der Waals surface area contributed by atoms with Crippen molar-refractivity contribution in [3.05, 3.63) is 28.8 Å². The molecule has 15 heavy (non-hydrogen) atoms. The van der Waals surface area contributed by atoms with Crippen molar-refractivity contribution in [1.82, 2.24) is 5.32 Å². The highest BCUT2D eigenvalue weighted by molar-refractivity contribution is 6.32. The summed E-state index contributed by atoms with van der Waals surface area (Å²) < 4.78 is 0. The normalized spacial score (nSPS) is 19.5. The quantitative estimate of drug-likeness (QED) is 0.833. The number of carbonyl (C=O) groups is 1. The highest BCUT2D eigenvalue weighted by atomic mass is 35.5. The van der Waals surface area contributed by atoms with Gasteiger partial charge in [-0.05, 0) is 18.7 Å². The van der Waals surface area contributed by atoms with E-state index >= 15 is 0 Å². The first kappa shape index (κ1) is 10.5. The van der Waals surface area contributed by atoms with Crippen LogP contribution in [0.25, 0.3) is 0 Å². The van der Waals surface area contributed by atoms with E-state index in [4.69, 9.17) is 11.6 Å². The standard InChI is InChI=1S/C11H13ClN2O/c1-3-13-10-9-7(12)5-4-6-8(9)14(2)11(10)15/h4-6,10,13H,3H2,1-2H3. The van der Waals surface area contributed by atoms with Crippen LogP contribution in [0.5, 0.6) is 0 Å². The molecule has 4 heteroatoms. The molecule has 1 heterocycles. The van der Waals surface area contributed by atoms with Crippen LogP contribution in [-0.4, -0.2) is 19.5 Å². The summed E-state index contributed by atoms with van der Waals surface area (Å²) in [6.45, 7) is 2.72. The number of rotatable bonds is 2. The van der Waals surface area contributed by atoms with Crippen LogP contribution >= 0.6 is 11.6 Å². The Bertz CT molecular complexity index is 406. The van der Waals surface area contributed by atoms with Crippen LogP contribution in [-0.2, 0) is 4.79 Å². The second kappa shape index (κ2) is 3.83. The Morgan fingerprint density at radius 1 is 1.53 bits per heavy atom. The van der Waals surface area contributed by atoms with Crippen molar-refractivity contribution >= 4 is 23.2 Å². The molecule has 0 saturated heterocycles. The van der Waals surface area contributed by atoms with Gasteiger partial charge in [0.15, 0.2) is 0 Å². The van der Waals surface area contributed by atoms with E-state index in [9.17, 15) is 4.79 Å². The molecule has 2 rings (SSSR count). The number of carbonyl (C=O) groups excluding carboxylic acids is 1. The minimum atomic E-state index is -0.288. The second-order valence-corrected chi connectivity index (χ2v) is 3.97. The van der Waals surface area contributed by atoms with E-state index in [1.807, 2.05) is 25.1 Å². The van der Waals surface area contributed by atoms with Gasteiger partial charge < -0.3 is 10.2 Å².